The number of hydrogen-bond acceptors (Lipinski definition) is 8. The Labute approximate surface area is 159 Å². The quantitative estimate of drug-likeness (QED) is 0.768. The Morgan fingerprint density at radius 3 is 2.63 bits per heavy atom. The van der Waals surface area contributed by atoms with Crippen LogP contribution in [0.1, 0.15) is 38.5 Å². The molecule has 146 valence electrons. The second kappa shape index (κ2) is 9.09. The highest BCUT2D eigenvalue weighted by atomic mass is 16.5. The van der Waals surface area contributed by atoms with E-state index in [9.17, 15) is 0 Å². The van der Waals surface area contributed by atoms with Crippen molar-refractivity contribution in [3.05, 3.63) is 18.5 Å². The summed E-state index contributed by atoms with van der Waals surface area (Å²) in [6.07, 6.45) is 10.8. The highest BCUT2D eigenvalue weighted by Crippen LogP contribution is 2.22. The van der Waals surface area contributed by atoms with Gasteiger partial charge in [0, 0.05) is 25.5 Å². The molecule has 1 aliphatic heterocycles. The lowest BCUT2D eigenvalue weighted by molar-refractivity contribution is 0.0413. The molecule has 3 heterocycles. The van der Waals surface area contributed by atoms with E-state index in [1.54, 1.807) is 10.9 Å². The topological polar surface area (TPSA) is 90.2 Å². The smallest absolute Gasteiger partial charge is 0.323 e. The van der Waals surface area contributed by atoms with Crippen molar-refractivity contribution < 1.29 is 9.47 Å². The lowest BCUT2D eigenvalue weighted by Gasteiger charge is -2.26. The zero-order valence-electron chi connectivity index (χ0n) is 15.6. The molecule has 1 aliphatic carbocycles. The van der Waals surface area contributed by atoms with Crippen LogP contribution in [0.4, 0.5) is 5.95 Å². The number of hydrogen-bond donors (Lipinski definition) is 1. The third kappa shape index (κ3) is 5.14. The molecule has 27 heavy (non-hydrogen) atoms. The molecule has 1 N–H and O–H groups in total. The molecule has 2 aliphatic rings. The second-order valence-electron chi connectivity index (χ2n) is 6.99. The van der Waals surface area contributed by atoms with Crippen LogP contribution in [0.5, 0.6) is 6.01 Å². The Kier molecular flexibility index (Phi) is 6.10. The average molecular weight is 373 g/mol. The Balaban J connectivity index is 1.49. The van der Waals surface area contributed by atoms with Gasteiger partial charge < -0.3 is 14.8 Å². The fourth-order valence-electron chi connectivity index (χ4n) is 3.42. The van der Waals surface area contributed by atoms with E-state index in [-0.39, 0.29) is 6.10 Å². The van der Waals surface area contributed by atoms with Crippen molar-refractivity contribution in [2.45, 2.75) is 44.6 Å². The SMILES string of the molecule is c1cnn(-c2nc(NCN3CCOCC3)nc(OC3CCCCCC3)n2)c1. The summed E-state index contributed by atoms with van der Waals surface area (Å²) >= 11 is 0. The van der Waals surface area contributed by atoms with Crippen LogP contribution >= 0.6 is 0 Å². The van der Waals surface area contributed by atoms with Gasteiger partial charge in [0.15, 0.2) is 0 Å². The molecule has 2 fully saturated rings. The second-order valence-corrected chi connectivity index (χ2v) is 6.99. The van der Waals surface area contributed by atoms with Gasteiger partial charge in [0.1, 0.15) is 6.10 Å². The van der Waals surface area contributed by atoms with Crippen molar-refractivity contribution in [2.24, 2.45) is 0 Å². The molecule has 9 nitrogen and oxygen atoms in total. The molecule has 0 aromatic carbocycles. The Bertz CT molecular complexity index is 696. The van der Waals surface area contributed by atoms with Gasteiger partial charge in [-0.05, 0) is 31.7 Å². The fraction of sp³-hybridized carbons (Fsp3) is 0.667. The van der Waals surface area contributed by atoms with Crippen molar-refractivity contribution in [1.82, 2.24) is 29.6 Å². The molecule has 0 amide bonds. The van der Waals surface area contributed by atoms with Crippen molar-refractivity contribution in [1.29, 1.82) is 0 Å². The molecule has 0 atom stereocenters. The summed E-state index contributed by atoms with van der Waals surface area (Å²) in [4.78, 5) is 15.7. The van der Waals surface area contributed by atoms with Crippen LogP contribution in [-0.2, 0) is 4.74 Å². The first-order chi connectivity index (χ1) is 13.4. The molecule has 0 unspecified atom stereocenters. The lowest BCUT2D eigenvalue weighted by Crippen LogP contribution is -2.39. The van der Waals surface area contributed by atoms with Crippen molar-refractivity contribution >= 4 is 5.95 Å². The van der Waals surface area contributed by atoms with E-state index in [0.29, 0.717) is 24.6 Å². The zero-order valence-corrected chi connectivity index (χ0v) is 15.6. The first-order valence-electron chi connectivity index (χ1n) is 9.83. The van der Waals surface area contributed by atoms with E-state index in [1.807, 2.05) is 12.3 Å². The number of nitrogens with zero attached hydrogens (tertiary/aromatic N) is 6. The predicted molar refractivity (Wildman–Crippen MR) is 99.9 cm³/mol. The van der Waals surface area contributed by atoms with Crippen LogP contribution in [0.15, 0.2) is 18.5 Å². The molecule has 2 aromatic rings. The minimum Gasteiger partial charge on any atom is -0.460 e. The maximum absolute atomic E-state index is 6.13. The summed E-state index contributed by atoms with van der Waals surface area (Å²) < 4.78 is 13.1. The number of morpholine rings is 1. The van der Waals surface area contributed by atoms with E-state index < -0.39 is 0 Å². The summed E-state index contributed by atoms with van der Waals surface area (Å²) in [5.41, 5.74) is 0. The maximum Gasteiger partial charge on any atom is 0.323 e. The van der Waals surface area contributed by atoms with Crippen LogP contribution in [0, 0.1) is 0 Å². The highest BCUT2D eigenvalue weighted by Gasteiger charge is 2.18. The van der Waals surface area contributed by atoms with Gasteiger partial charge in [0.05, 0.1) is 19.9 Å². The summed E-state index contributed by atoms with van der Waals surface area (Å²) in [6, 6.07) is 2.21. The van der Waals surface area contributed by atoms with E-state index in [1.165, 1.54) is 25.7 Å². The number of anilines is 1. The van der Waals surface area contributed by atoms with Gasteiger partial charge in [0.25, 0.3) is 5.95 Å². The van der Waals surface area contributed by atoms with Crippen molar-refractivity contribution in [3.63, 3.8) is 0 Å². The number of rotatable bonds is 6. The molecular weight excluding hydrogens is 346 g/mol. The maximum atomic E-state index is 6.13. The van der Waals surface area contributed by atoms with Gasteiger partial charge in [-0.3, -0.25) is 4.90 Å². The largest absolute Gasteiger partial charge is 0.460 e. The summed E-state index contributed by atoms with van der Waals surface area (Å²) in [5.74, 6) is 0.966. The third-order valence-corrected chi connectivity index (χ3v) is 4.95. The van der Waals surface area contributed by atoms with Gasteiger partial charge in [-0.15, -0.1) is 0 Å². The van der Waals surface area contributed by atoms with Gasteiger partial charge in [0.2, 0.25) is 5.95 Å². The van der Waals surface area contributed by atoms with Gasteiger partial charge in [-0.25, -0.2) is 4.68 Å². The van der Waals surface area contributed by atoms with E-state index >= 15 is 0 Å². The molecule has 0 spiro atoms. The van der Waals surface area contributed by atoms with Gasteiger partial charge in [-0.2, -0.15) is 20.1 Å². The summed E-state index contributed by atoms with van der Waals surface area (Å²) in [7, 11) is 0. The average Bonchev–Trinajstić information content (AvgIpc) is 3.13. The molecule has 1 saturated carbocycles. The van der Waals surface area contributed by atoms with E-state index in [0.717, 1.165) is 39.1 Å². The molecule has 0 bridgehead atoms. The minimum atomic E-state index is 0.174. The van der Waals surface area contributed by atoms with Crippen LogP contribution in [0.2, 0.25) is 0 Å². The van der Waals surface area contributed by atoms with Crippen LogP contribution in [0.25, 0.3) is 5.95 Å². The van der Waals surface area contributed by atoms with Crippen LogP contribution in [-0.4, -0.2) is 68.7 Å². The molecule has 1 saturated heterocycles. The number of ether oxygens (including phenoxy) is 2. The first kappa shape index (κ1) is 18.1. The molecular formula is C18H27N7O2. The first-order valence-corrected chi connectivity index (χ1v) is 9.83. The minimum absolute atomic E-state index is 0.174. The number of nitrogens with one attached hydrogen (secondary N) is 1. The van der Waals surface area contributed by atoms with Crippen molar-refractivity contribution in [2.75, 3.05) is 38.3 Å². The van der Waals surface area contributed by atoms with E-state index in [4.69, 9.17) is 9.47 Å². The normalized spacial score (nSPS) is 19.6. The molecule has 4 rings (SSSR count). The Hall–Kier alpha value is -2.26. The summed E-state index contributed by atoms with van der Waals surface area (Å²) in [6.45, 7) is 3.97. The van der Waals surface area contributed by atoms with Gasteiger partial charge >= 0.3 is 6.01 Å². The fourth-order valence-corrected chi connectivity index (χ4v) is 3.42. The number of aromatic nitrogens is 5. The molecule has 9 heteroatoms. The zero-order chi connectivity index (χ0) is 18.3. The van der Waals surface area contributed by atoms with Crippen LogP contribution in [0.3, 0.4) is 0 Å². The Morgan fingerprint density at radius 1 is 1.07 bits per heavy atom. The Morgan fingerprint density at radius 2 is 1.89 bits per heavy atom. The molecule has 0 radical (unpaired) electrons. The monoisotopic (exact) mass is 373 g/mol. The lowest BCUT2D eigenvalue weighted by atomic mass is 10.2. The third-order valence-electron chi connectivity index (χ3n) is 4.95. The van der Waals surface area contributed by atoms with Crippen molar-refractivity contribution in [3.8, 4) is 12.0 Å². The summed E-state index contributed by atoms with van der Waals surface area (Å²) in [5, 5.41) is 7.53. The van der Waals surface area contributed by atoms with Gasteiger partial charge in [-0.1, -0.05) is 12.8 Å². The van der Waals surface area contributed by atoms with E-state index in [2.05, 4.69) is 30.3 Å². The standard InChI is InChI=1S/C18H27N7O2/c1-2-4-7-15(6-3-1)27-18-22-16(19-14-24-10-12-26-13-11-24)21-17(23-18)25-9-5-8-20-25/h5,8-9,15H,1-4,6-7,10-14H2,(H,19,21,22,23). The molecule has 2 aromatic heterocycles. The van der Waals surface area contributed by atoms with Crippen LogP contribution < -0.4 is 10.1 Å². The predicted octanol–water partition coefficient (Wildman–Crippen LogP) is 1.86. The highest BCUT2D eigenvalue weighted by molar-refractivity contribution is 5.30.